The molecule has 0 radical (unpaired) electrons. The van der Waals surface area contributed by atoms with Gasteiger partial charge in [-0.25, -0.2) is 4.98 Å². The Hall–Kier alpha value is -2.00. The Balaban J connectivity index is 1.95. The van der Waals surface area contributed by atoms with E-state index in [2.05, 4.69) is 4.98 Å². The molecule has 0 unspecified atom stereocenters. The first-order chi connectivity index (χ1) is 8.72. The lowest BCUT2D eigenvalue weighted by atomic mass is 10.1. The van der Waals surface area contributed by atoms with Crippen LogP contribution in [-0.2, 0) is 6.42 Å². The second-order valence-corrected chi connectivity index (χ2v) is 4.67. The minimum Gasteiger partial charge on any atom is -0.396 e. The van der Waals surface area contributed by atoms with Gasteiger partial charge in [-0.05, 0) is 29.8 Å². The molecule has 90 valence electrons. The molecule has 2 heterocycles. The number of nitrogen functional groups attached to an aromatic ring is 1. The summed E-state index contributed by atoms with van der Waals surface area (Å²) in [5.74, 6) is 0. The Labute approximate surface area is 110 Å². The van der Waals surface area contributed by atoms with Crippen LogP contribution in [0.3, 0.4) is 0 Å². The van der Waals surface area contributed by atoms with Gasteiger partial charge in [0.1, 0.15) is 0 Å². The molecular formula is C14H12ClN3. The van der Waals surface area contributed by atoms with E-state index in [4.69, 9.17) is 17.3 Å². The van der Waals surface area contributed by atoms with E-state index in [0.29, 0.717) is 5.69 Å². The van der Waals surface area contributed by atoms with E-state index in [1.165, 1.54) is 5.56 Å². The van der Waals surface area contributed by atoms with Gasteiger partial charge in [0.25, 0.3) is 0 Å². The van der Waals surface area contributed by atoms with Crippen molar-refractivity contribution in [3.05, 3.63) is 65.1 Å². The maximum absolute atomic E-state index is 5.88. The van der Waals surface area contributed by atoms with E-state index in [0.717, 1.165) is 22.8 Å². The number of hydrogen-bond acceptors (Lipinski definition) is 2. The van der Waals surface area contributed by atoms with Gasteiger partial charge in [0.2, 0.25) is 0 Å². The van der Waals surface area contributed by atoms with Gasteiger partial charge in [-0.2, -0.15) is 0 Å². The highest BCUT2D eigenvalue weighted by Gasteiger charge is 2.04. The zero-order valence-electron chi connectivity index (χ0n) is 9.68. The Bertz CT molecular complexity index is 686. The summed E-state index contributed by atoms with van der Waals surface area (Å²) < 4.78 is 1.95. The molecule has 4 heteroatoms. The van der Waals surface area contributed by atoms with Crippen LogP contribution in [0.4, 0.5) is 5.69 Å². The molecule has 3 aromatic rings. The summed E-state index contributed by atoms with van der Waals surface area (Å²) in [4.78, 5) is 4.53. The largest absolute Gasteiger partial charge is 0.396 e. The minimum absolute atomic E-state index is 0.694. The van der Waals surface area contributed by atoms with Gasteiger partial charge < -0.3 is 10.1 Å². The van der Waals surface area contributed by atoms with Crippen LogP contribution in [0.15, 0.2) is 48.8 Å². The highest BCUT2D eigenvalue weighted by atomic mass is 35.5. The molecule has 3 rings (SSSR count). The standard InChI is InChI=1S/C14H12ClN3/c15-11-5-3-10(4-6-11)8-12-9-18-7-1-2-13(16)14(18)17-12/h1-7,9H,8,16H2. The summed E-state index contributed by atoms with van der Waals surface area (Å²) >= 11 is 5.86. The second-order valence-electron chi connectivity index (χ2n) is 4.23. The van der Waals surface area contributed by atoms with Gasteiger partial charge in [-0.15, -0.1) is 0 Å². The van der Waals surface area contributed by atoms with Crippen molar-refractivity contribution in [1.29, 1.82) is 0 Å². The average Bonchev–Trinajstić information content (AvgIpc) is 2.76. The summed E-state index contributed by atoms with van der Waals surface area (Å²) in [6.07, 6.45) is 4.72. The van der Waals surface area contributed by atoms with Crippen LogP contribution in [0.2, 0.25) is 5.02 Å². The molecule has 0 atom stereocenters. The first kappa shape index (κ1) is 11.1. The second kappa shape index (κ2) is 4.35. The van der Waals surface area contributed by atoms with E-state index in [-0.39, 0.29) is 0 Å². The van der Waals surface area contributed by atoms with Crippen molar-refractivity contribution in [3.63, 3.8) is 0 Å². The fraction of sp³-hybridized carbons (Fsp3) is 0.0714. The third-order valence-electron chi connectivity index (χ3n) is 2.86. The fourth-order valence-corrected chi connectivity index (χ4v) is 2.11. The van der Waals surface area contributed by atoms with Crippen molar-refractivity contribution < 1.29 is 0 Å². The monoisotopic (exact) mass is 257 g/mol. The Kier molecular flexibility index (Phi) is 2.68. The van der Waals surface area contributed by atoms with Gasteiger partial charge in [0, 0.05) is 23.8 Å². The predicted molar refractivity (Wildman–Crippen MR) is 73.9 cm³/mol. The number of nitrogens with zero attached hydrogens (tertiary/aromatic N) is 2. The Morgan fingerprint density at radius 3 is 2.67 bits per heavy atom. The number of nitrogens with two attached hydrogens (primary N) is 1. The summed E-state index contributed by atoms with van der Waals surface area (Å²) in [6.45, 7) is 0. The molecule has 0 aliphatic heterocycles. The van der Waals surface area contributed by atoms with Crippen molar-refractivity contribution in [3.8, 4) is 0 Å². The minimum atomic E-state index is 0.694. The van der Waals surface area contributed by atoms with Crippen molar-refractivity contribution in [2.45, 2.75) is 6.42 Å². The van der Waals surface area contributed by atoms with Crippen molar-refractivity contribution in [2.75, 3.05) is 5.73 Å². The highest BCUT2D eigenvalue weighted by Crippen LogP contribution is 2.16. The topological polar surface area (TPSA) is 43.3 Å². The van der Waals surface area contributed by atoms with Crippen molar-refractivity contribution in [1.82, 2.24) is 9.38 Å². The first-order valence-electron chi connectivity index (χ1n) is 5.69. The molecule has 3 nitrogen and oxygen atoms in total. The molecule has 0 aliphatic carbocycles. The quantitative estimate of drug-likeness (QED) is 0.766. The van der Waals surface area contributed by atoms with Gasteiger partial charge in [0.05, 0.1) is 11.4 Å². The Morgan fingerprint density at radius 2 is 1.94 bits per heavy atom. The molecule has 0 spiro atoms. The number of pyridine rings is 1. The van der Waals surface area contributed by atoms with Crippen LogP contribution in [0, 0.1) is 0 Å². The van der Waals surface area contributed by atoms with E-state index in [9.17, 15) is 0 Å². The van der Waals surface area contributed by atoms with E-state index >= 15 is 0 Å². The first-order valence-corrected chi connectivity index (χ1v) is 6.07. The highest BCUT2D eigenvalue weighted by molar-refractivity contribution is 6.30. The lowest BCUT2D eigenvalue weighted by Gasteiger charge is -1.97. The molecule has 0 saturated carbocycles. The summed E-state index contributed by atoms with van der Waals surface area (Å²) in [5.41, 5.74) is 9.56. The SMILES string of the molecule is Nc1cccn2cc(Cc3ccc(Cl)cc3)nc12. The number of rotatable bonds is 2. The lowest BCUT2D eigenvalue weighted by molar-refractivity contribution is 1.11. The van der Waals surface area contributed by atoms with Gasteiger partial charge in [0.15, 0.2) is 5.65 Å². The van der Waals surface area contributed by atoms with E-state index in [1.807, 2.05) is 53.2 Å². The third-order valence-corrected chi connectivity index (χ3v) is 3.11. The number of imidazole rings is 1. The number of anilines is 1. The number of benzene rings is 1. The number of fused-ring (bicyclic) bond motifs is 1. The van der Waals surface area contributed by atoms with Crippen LogP contribution >= 0.6 is 11.6 Å². The summed E-state index contributed by atoms with van der Waals surface area (Å²) in [7, 11) is 0. The van der Waals surface area contributed by atoms with Crippen LogP contribution in [0.5, 0.6) is 0 Å². The Morgan fingerprint density at radius 1 is 1.17 bits per heavy atom. The molecule has 0 amide bonds. The van der Waals surface area contributed by atoms with Crippen LogP contribution in [-0.4, -0.2) is 9.38 Å². The molecule has 0 bridgehead atoms. The molecule has 2 N–H and O–H groups in total. The lowest BCUT2D eigenvalue weighted by Crippen LogP contribution is -1.90. The molecule has 0 fully saturated rings. The normalized spacial score (nSPS) is 10.9. The zero-order valence-corrected chi connectivity index (χ0v) is 10.4. The van der Waals surface area contributed by atoms with Crippen LogP contribution in [0.25, 0.3) is 5.65 Å². The van der Waals surface area contributed by atoms with Crippen molar-refractivity contribution in [2.24, 2.45) is 0 Å². The predicted octanol–water partition coefficient (Wildman–Crippen LogP) is 3.16. The van der Waals surface area contributed by atoms with E-state index in [1.54, 1.807) is 0 Å². The average molecular weight is 258 g/mol. The van der Waals surface area contributed by atoms with Crippen molar-refractivity contribution >= 4 is 22.9 Å². The molecule has 0 saturated heterocycles. The molecular weight excluding hydrogens is 246 g/mol. The smallest absolute Gasteiger partial charge is 0.160 e. The molecule has 2 aromatic heterocycles. The van der Waals surface area contributed by atoms with Gasteiger partial charge in [-0.1, -0.05) is 23.7 Å². The molecule has 0 aliphatic rings. The van der Waals surface area contributed by atoms with E-state index < -0.39 is 0 Å². The molecule has 1 aromatic carbocycles. The number of aromatic nitrogens is 2. The van der Waals surface area contributed by atoms with Gasteiger partial charge >= 0.3 is 0 Å². The summed E-state index contributed by atoms with van der Waals surface area (Å²) in [5, 5.41) is 0.748. The fourth-order valence-electron chi connectivity index (χ4n) is 1.98. The summed E-state index contributed by atoms with van der Waals surface area (Å²) in [6, 6.07) is 11.6. The number of hydrogen-bond donors (Lipinski definition) is 1. The van der Waals surface area contributed by atoms with Crippen LogP contribution in [0.1, 0.15) is 11.3 Å². The zero-order chi connectivity index (χ0) is 12.5. The van der Waals surface area contributed by atoms with Gasteiger partial charge in [-0.3, -0.25) is 0 Å². The van der Waals surface area contributed by atoms with Crippen LogP contribution < -0.4 is 5.73 Å². The molecule has 18 heavy (non-hydrogen) atoms. The maximum Gasteiger partial charge on any atom is 0.160 e. The third kappa shape index (κ3) is 2.05. The maximum atomic E-state index is 5.88. The number of halogens is 1.